The van der Waals surface area contributed by atoms with Crippen molar-refractivity contribution in [3.05, 3.63) is 118 Å². The van der Waals surface area contributed by atoms with E-state index in [-0.39, 0.29) is 55.0 Å². The Morgan fingerprint density at radius 3 is 2.47 bits per heavy atom. The van der Waals surface area contributed by atoms with Crippen molar-refractivity contribution in [2.75, 3.05) is 36.7 Å². The summed E-state index contributed by atoms with van der Waals surface area (Å²) in [6.07, 6.45) is -0.310. The van der Waals surface area contributed by atoms with Gasteiger partial charge >= 0.3 is 6.09 Å². The van der Waals surface area contributed by atoms with Crippen LogP contribution in [-0.4, -0.2) is 75.0 Å². The predicted octanol–water partition coefficient (Wildman–Crippen LogP) is 6.51. The largest absolute Gasteiger partial charge is 0.497 e. The summed E-state index contributed by atoms with van der Waals surface area (Å²) in [6.45, 7) is 8.06. The van der Waals surface area contributed by atoms with Crippen LogP contribution in [0.5, 0.6) is 5.75 Å². The van der Waals surface area contributed by atoms with Crippen LogP contribution in [0.4, 0.5) is 16.2 Å². The summed E-state index contributed by atoms with van der Waals surface area (Å²) in [7, 11) is -0.872. The van der Waals surface area contributed by atoms with Gasteiger partial charge in [0.1, 0.15) is 12.4 Å². The van der Waals surface area contributed by atoms with Gasteiger partial charge in [-0.1, -0.05) is 89.7 Å². The Bertz CT molecular complexity index is 2150. The topological polar surface area (TPSA) is 109 Å². The van der Waals surface area contributed by atoms with E-state index in [1.807, 2.05) is 72.8 Å². The van der Waals surface area contributed by atoms with Gasteiger partial charge in [-0.15, -0.1) is 0 Å². The van der Waals surface area contributed by atoms with E-state index in [4.69, 9.17) is 14.2 Å². The first kappa shape index (κ1) is 37.4. The molecule has 10 nitrogen and oxygen atoms in total. The van der Waals surface area contributed by atoms with Gasteiger partial charge in [0, 0.05) is 28.2 Å². The van der Waals surface area contributed by atoms with Crippen LogP contribution in [0.15, 0.2) is 95.5 Å². The Kier molecular flexibility index (Phi) is 9.90. The molecule has 0 radical (unpaired) electrons. The highest BCUT2D eigenvalue weighted by Gasteiger charge is 2.66. The van der Waals surface area contributed by atoms with Crippen molar-refractivity contribution < 1.29 is 33.7 Å². The van der Waals surface area contributed by atoms with Gasteiger partial charge in [0.05, 0.1) is 59.1 Å². The molecule has 2 saturated heterocycles. The summed E-state index contributed by atoms with van der Waals surface area (Å²) >= 11 is 3.69. The van der Waals surface area contributed by atoms with Gasteiger partial charge in [-0.3, -0.25) is 14.5 Å². The van der Waals surface area contributed by atoms with Crippen molar-refractivity contribution in [2.24, 2.45) is 5.92 Å². The van der Waals surface area contributed by atoms with E-state index in [1.54, 1.807) is 21.8 Å². The third-order valence-corrected chi connectivity index (χ3v) is 17.2. The van der Waals surface area contributed by atoms with Gasteiger partial charge in [0.25, 0.3) is 5.91 Å². The van der Waals surface area contributed by atoms with Gasteiger partial charge in [0.15, 0.2) is 5.60 Å². The number of amides is 3. The average molecular weight is 825 g/mol. The maximum atomic E-state index is 15.3. The molecule has 286 valence electrons. The Hall–Kier alpha value is -4.49. The fraction of sp³-hybridized carbons (Fsp3) is 0.372. The number of carbonyl (C=O) groups excluding carboxylic acids is 3. The molecule has 1 spiro atoms. The molecule has 0 aromatic heterocycles. The third kappa shape index (κ3) is 6.36. The highest BCUT2D eigenvalue weighted by molar-refractivity contribution is 9.10. The highest BCUT2D eigenvalue weighted by Crippen LogP contribution is 2.60. The molecular formula is C43H46BrN3O7Si. The van der Waals surface area contributed by atoms with Gasteiger partial charge < -0.3 is 29.1 Å². The average Bonchev–Trinajstić information content (AvgIpc) is 3.82. The van der Waals surface area contributed by atoms with Gasteiger partial charge in [-0.2, -0.15) is 0 Å². The molecule has 2 fully saturated rings. The molecule has 4 aliphatic heterocycles. The zero-order valence-corrected chi connectivity index (χ0v) is 34.1. The van der Waals surface area contributed by atoms with E-state index in [0.29, 0.717) is 26.1 Å². The molecule has 55 heavy (non-hydrogen) atoms. The van der Waals surface area contributed by atoms with Crippen LogP contribution in [0.3, 0.4) is 0 Å². The standard InChI is InChI=1S/C43H46BrN3O7Si/c1-27-40(55(3,4)35-15-13-34(52-2)14-16-35)38(23-39(49)46-25-30-10-6-5-9-29(30)21-33(46)26-48)54-43(27)36-22-31(44)12-17-37(36)47(41(43)50)24-28-8-7-11-32(20-28)45-18-19-53-42(45)51/h5-17,20,22,27,33,38,40,48H,18-19,21,23-26H2,1-4H3/t27-,33+,38+,40-,43+/m1/s1. The van der Waals surface area contributed by atoms with E-state index >= 15 is 4.79 Å². The molecule has 0 bridgehead atoms. The van der Waals surface area contributed by atoms with Crippen LogP contribution in [0.25, 0.3) is 0 Å². The first-order valence-corrected chi connectivity index (χ1v) is 22.8. The molecule has 3 amide bonds. The molecule has 4 aromatic rings. The molecule has 4 aromatic carbocycles. The van der Waals surface area contributed by atoms with Gasteiger partial charge in [0.2, 0.25) is 5.91 Å². The molecule has 5 atom stereocenters. The van der Waals surface area contributed by atoms with Crippen LogP contribution in [-0.2, 0) is 44.2 Å². The van der Waals surface area contributed by atoms with Crippen molar-refractivity contribution in [2.45, 2.75) is 69.2 Å². The van der Waals surface area contributed by atoms with Crippen LogP contribution >= 0.6 is 15.9 Å². The Balaban J connectivity index is 1.18. The monoisotopic (exact) mass is 823 g/mol. The number of aliphatic hydroxyl groups is 1. The summed E-state index contributed by atoms with van der Waals surface area (Å²) in [5.41, 5.74) is 3.84. The summed E-state index contributed by atoms with van der Waals surface area (Å²) in [4.78, 5) is 47.5. The quantitative estimate of drug-likeness (QED) is 0.192. The van der Waals surface area contributed by atoms with Crippen molar-refractivity contribution in [3.8, 4) is 5.75 Å². The van der Waals surface area contributed by atoms with Gasteiger partial charge in [-0.05, 0) is 71.1 Å². The smallest absolute Gasteiger partial charge is 0.414 e. The third-order valence-electron chi connectivity index (χ3n) is 12.4. The predicted molar refractivity (Wildman–Crippen MR) is 216 cm³/mol. The molecule has 4 aliphatic rings. The summed E-state index contributed by atoms with van der Waals surface area (Å²) < 4.78 is 18.8. The van der Waals surface area contributed by atoms with Crippen LogP contribution in [0.1, 0.15) is 35.6 Å². The van der Waals surface area contributed by atoms with Crippen molar-refractivity contribution in [1.82, 2.24) is 4.90 Å². The molecular weight excluding hydrogens is 778 g/mol. The second-order valence-corrected chi connectivity index (χ2v) is 21.3. The number of nitrogens with zero attached hydrogens (tertiary/aromatic N) is 3. The van der Waals surface area contributed by atoms with Gasteiger partial charge in [-0.25, -0.2) is 4.79 Å². The summed E-state index contributed by atoms with van der Waals surface area (Å²) in [6, 6.07) is 29.4. The number of halogens is 1. The number of rotatable bonds is 9. The number of anilines is 2. The number of benzene rings is 4. The molecule has 8 rings (SSSR count). The Morgan fingerprint density at radius 1 is 1.00 bits per heavy atom. The van der Waals surface area contributed by atoms with Crippen molar-refractivity contribution in [1.29, 1.82) is 0 Å². The zero-order valence-electron chi connectivity index (χ0n) is 31.5. The number of ether oxygens (including phenoxy) is 3. The second kappa shape index (κ2) is 14.5. The Labute approximate surface area is 331 Å². The van der Waals surface area contributed by atoms with Crippen LogP contribution < -0.4 is 19.7 Å². The van der Waals surface area contributed by atoms with Crippen LogP contribution in [0, 0.1) is 5.92 Å². The number of aliphatic hydroxyl groups excluding tert-OH is 1. The minimum atomic E-state index is -2.52. The maximum absolute atomic E-state index is 15.3. The van der Waals surface area contributed by atoms with E-state index in [2.05, 4.69) is 54.1 Å². The lowest BCUT2D eigenvalue weighted by atomic mass is 9.82. The lowest BCUT2D eigenvalue weighted by Crippen LogP contribution is -2.52. The highest BCUT2D eigenvalue weighted by atomic mass is 79.9. The van der Waals surface area contributed by atoms with E-state index in [0.717, 1.165) is 43.9 Å². The maximum Gasteiger partial charge on any atom is 0.414 e. The fourth-order valence-electron chi connectivity index (χ4n) is 9.61. The van der Waals surface area contributed by atoms with Crippen LogP contribution in [0.2, 0.25) is 18.6 Å². The number of methoxy groups -OCH3 is 1. The molecule has 0 saturated carbocycles. The number of cyclic esters (lactones) is 1. The molecule has 1 N–H and O–H groups in total. The summed E-state index contributed by atoms with van der Waals surface area (Å²) in [5.74, 6) is 0.195. The van der Waals surface area contributed by atoms with E-state index < -0.39 is 19.8 Å². The minimum Gasteiger partial charge on any atom is -0.497 e. The molecule has 4 heterocycles. The first-order chi connectivity index (χ1) is 26.5. The minimum absolute atomic E-state index is 0.0760. The fourth-order valence-corrected chi connectivity index (χ4v) is 14.0. The molecule has 0 aliphatic carbocycles. The SMILES string of the molecule is COc1ccc([Si](C)(C)[C@H]2[C@H](CC(=O)N3Cc4ccccc4C[C@H]3CO)O[C@@]3(C(=O)N(Cc4cccc(N5CCOC5=O)c4)c4ccc(Br)cc43)[C@@H]2C)cc1. The number of hydrogen-bond acceptors (Lipinski definition) is 7. The summed E-state index contributed by atoms with van der Waals surface area (Å²) in [5, 5.41) is 11.7. The number of hydrogen-bond donors (Lipinski definition) is 1. The normalized spacial score (nSPS) is 24.7. The lowest BCUT2D eigenvalue weighted by molar-refractivity contribution is -0.151. The lowest BCUT2D eigenvalue weighted by Gasteiger charge is -2.39. The second-order valence-electron chi connectivity index (χ2n) is 15.7. The number of carbonyl (C=O) groups is 3. The van der Waals surface area contributed by atoms with E-state index in [9.17, 15) is 14.7 Å². The molecule has 12 heteroatoms. The van der Waals surface area contributed by atoms with Crippen molar-refractivity contribution in [3.63, 3.8) is 0 Å². The van der Waals surface area contributed by atoms with E-state index in [1.165, 1.54) is 5.19 Å². The molecule has 0 unspecified atom stereocenters. The number of fused-ring (bicyclic) bond motifs is 3. The Morgan fingerprint density at radius 2 is 1.76 bits per heavy atom. The zero-order chi connectivity index (χ0) is 38.6. The van der Waals surface area contributed by atoms with Crippen molar-refractivity contribution >= 4 is 58.5 Å². The first-order valence-electron chi connectivity index (χ1n) is 18.9.